The molecule has 0 N–H and O–H groups in total. The van der Waals surface area contributed by atoms with E-state index in [-0.39, 0.29) is 0 Å². The fourth-order valence-corrected chi connectivity index (χ4v) is 30.6. The van der Waals surface area contributed by atoms with Crippen LogP contribution in [0, 0.1) is 0 Å². The molecule has 0 bridgehead atoms. The Morgan fingerprint density at radius 3 is 0.857 bits per heavy atom. The van der Waals surface area contributed by atoms with Gasteiger partial charge >= 0.3 is 4.67 Å². The Morgan fingerprint density at radius 2 is 0.714 bits per heavy atom. The summed E-state index contributed by atoms with van der Waals surface area (Å²) in [6, 6.07) is 0. The molecule has 0 aromatic heterocycles. The predicted octanol–water partition coefficient (Wildman–Crippen LogP) is 1.95. The zero-order valence-corrected chi connectivity index (χ0v) is 16.0. The lowest BCUT2D eigenvalue weighted by Gasteiger charge is -2.44. The van der Waals surface area contributed by atoms with Crippen molar-refractivity contribution in [1.82, 2.24) is 0 Å². The van der Waals surface area contributed by atoms with Crippen LogP contribution in [0.3, 0.4) is 0 Å². The summed E-state index contributed by atoms with van der Waals surface area (Å²) >= 11 is 8.99. The summed E-state index contributed by atoms with van der Waals surface area (Å²) in [5, 5.41) is 2.80. The second kappa shape index (κ2) is 7.14. The molecule has 0 aromatic rings. The minimum Gasteiger partial charge on any atom is -0.379 e. The summed E-state index contributed by atoms with van der Waals surface area (Å²) < 4.78 is 20.1. The molecule has 4 fully saturated rings. The highest BCUT2D eigenvalue weighted by Crippen LogP contribution is 2.58. The summed E-state index contributed by atoms with van der Waals surface area (Å²) in [7, 11) is 0. The Kier molecular flexibility index (Phi) is 5.43. The minimum atomic E-state index is -1.58. The molecule has 4 heterocycles. The van der Waals surface area contributed by atoms with Crippen LogP contribution in [-0.4, -0.2) is 78.5 Å². The van der Waals surface area contributed by atoms with E-state index in [4.69, 9.17) is 18.9 Å². The van der Waals surface area contributed by atoms with Crippen LogP contribution in [0.25, 0.3) is 0 Å². The van der Waals surface area contributed by atoms with Crippen molar-refractivity contribution in [2.75, 3.05) is 52.9 Å². The average Bonchev–Trinajstić information content (AvgIpc) is 2.28. The number of hydrogen-bond donors (Lipinski definition) is 0. The van der Waals surface area contributed by atoms with Gasteiger partial charge in [0.15, 0.2) is 0 Å². The Bertz CT molecular complexity index is 292. The SMILES string of the molecule is C1OCC1S[Si](SC1COC1)(SC1COC1)SC1COC1. The van der Waals surface area contributed by atoms with Crippen molar-refractivity contribution >= 4 is 49.5 Å². The van der Waals surface area contributed by atoms with Crippen molar-refractivity contribution in [1.29, 1.82) is 0 Å². The van der Waals surface area contributed by atoms with Gasteiger partial charge in [-0.2, -0.15) is 0 Å². The maximum atomic E-state index is 5.42. The molecule has 4 rings (SSSR count). The molecular formula is C12H20O4S4Si. The molecule has 21 heavy (non-hydrogen) atoms. The van der Waals surface area contributed by atoms with E-state index >= 15 is 0 Å². The van der Waals surface area contributed by atoms with Crippen LogP contribution in [0.15, 0.2) is 0 Å². The van der Waals surface area contributed by atoms with Gasteiger partial charge < -0.3 is 18.9 Å². The lowest BCUT2D eigenvalue weighted by Crippen LogP contribution is -2.46. The normalized spacial score (nSPS) is 28.6. The van der Waals surface area contributed by atoms with Crippen LogP contribution in [0.1, 0.15) is 0 Å². The molecule has 9 heteroatoms. The highest BCUT2D eigenvalue weighted by molar-refractivity contribution is 9.00. The number of rotatable bonds is 8. The first-order valence-electron chi connectivity index (χ1n) is 7.33. The molecule has 0 unspecified atom stereocenters. The van der Waals surface area contributed by atoms with Gasteiger partial charge in [0.2, 0.25) is 0 Å². The lowest BCUT2D eigenvalue weighted by atomic mass is 10.4. The summed E-state index contributed by atoms with van der Waals surface area (Å²) in [4.78, 5) is 0. The van der Waals surface area contributed by atoms with E-state index in [0.717, 1.165) is 52.9 Å². The molecule has 0 spiro atoms. The van der Waals surface area contributed by atoms with Crippen molar-refractivity contribution in [3.63, 3.8) is 0 Å². The van der Waals surface area contributed by atoms with Gasteiger partial charge in [-0.3, -0.25) is 0 Å². The first-order valence-corrected chi connectivity index (χ1v) is 15.8. The molecule has 4 nitrogen and oxygen atoms in total. The molecule has 4 aliphatic heterocycles. The third-order valence-corrected chi connectivity index (χ3v) is 25.1. The van der Waals surface area contributed by atoms with E-state index in [0.29, 0.717) is 21.0 Å². The Hall–Kier alpha value is 1.46. The lowest BCUT2D eigenvalue weighted by molar-refractivity contribution is 0.0452. The highest BCUT2D eigenvalue weighted by Gasteiger charge is 2.49. The van der Waals surface area contributed by atoms with Gasteiger partial charge in [0.25, 0.3) is 0 Å². The Morgan fingerprint density at radius 1 is 0.476 bits per heavy atom. The molecule has 0 radical (unpaired) electrons. The molecule has 4 saturated heterocycles. The molecule has 0 amide bonds. The largest absolute Gasteiger partial charge is 0.379 e. The summed E-state index contributed by atoms with van der Waals surface area (Å²) in [5.41, 5.74) is 0. The average molecular weight is 385 g/mol. The molecule has 0 atom stereocenters. The van der Waals surface area contributed by atoms with Crippen LogP contribution in [0.5, 0.6) is 0 Å². The van der Waals surface area contributed by atoms with Crippen molar-refractivity contribution in [3.8, 4) is 0 Å². The van der Waals surface area contributed by atoms with Crippen LogP contribution < -0.4 is 0 Å². The number of ether oxygens (including phenoxy) is 4. The second-order valence-corrected chi connectivity index (χ2v) is 25.0. The van der Waals surface area contributed by atoms with Gasteiger partial charge in [-0.15, -0.1) is 44.8 Å². The monoisotopic (exact) mass is 384 g/mol. The third-order valence-electron chi connectivity index (χ3n) is 3.67. The maximum absolute atomic E-state index is 5.42. The van der Waals surface area contributed by atoms with Gasteiger partial charge in [-0.25, -0.2) is 0 Å². The zero-order valence-electron chi connectivity index (χ0n) is 11.7. The fraction of sp³-hybridized carbons (Fsp3) is 1.00. The van der Waals surface area contributed by atoms with Crippen LogP contribution in [0.2, 0.25) is 0 Å². The van der Waals surface area contributed by atoms with Crippen LogP contribution >= 0.6 is 44.8 Å². The zero-order chi connectivity index (χ0) is 14.1. The van der Waals surface area contributed by atoms with E-state index in [9.17, 15) is 0 Å². The summed E-state index contributed by atoms with van der Waals surface area (Å²) in [6.45, 7) is 7.48. The second-order valence-electron chi connectivity index (χ2n) is 5.61. The summed E-state index contributed by atoms with van der Waals surface area (Å²) in [6.07, 6.45) is 0. The van der Waals surface area contributed by atoms with E-state index in [1.165, 1.54) is 0 Å². The van der Waals surface area contributed by atoms with E-state index in [1.54, 1.807) is 0 Å². The van der Waals surface area contributed by atoms with Gasteiger partial charge in [0.05, 0.1) is 52.9 Å². The first kappa shape index (κ1) is 16.0. The predicted molar refractivity (Wildman–Crippen MR) is 94.5 cm³/mol. The van der Waals surface area contributed by atoms with Crippen molar-refractivity contribution < 1.29 is 18.9 Å². The maximum Gasteiger partial charge on any atom is 0.302 e. The Balaban J connectivity index is 1.45. The quantitative estimate of drug-likeness (QED) is 0.588. The van der Waals surface area contributed by atoms with Crippen LogP contribution in [-0.2, 0) is 18.9 Å². The van der Waals surface area contributed by atoms with Crippen LogP contribution in [0.4, 0.5) is 0 Å². The minimum absolute atomic E-state index is 0.701. The molecule has 0 aromatic carbocycles. The highest BCUT2D eigenvalue weighted by atomic mass is 32.9. The third kappa shape index (κ3) is 3.93. The van der Waals surface area contributed by atoms with E-state index in [2.05, 4.69) is 44.8 Å². The molecular weight excluding hydrogens is 364 g/mol. The van der Waals surface area contributed by atoms with Gasteiger partial charge in [-0.05, 0) is 0 Å². The first-order chi connectivity index (χ1) is 10.3. The smallest absolute Gasteiger partial charge is 0.302 e. The fourth-order valence-electron chi connectivity index (χ4n) is 2.11. The van der Waals surface area contributed by atoms with Crippen molar-refractivity contribution in [2.45, 2.75) is 21.0 Å². The van der Waals surface area contributed by atoms with E-state index in [1.807, 2.05) is 0 Å². The molecule has 120 valence electrons. The Labute approximate surface area is 142 Å². The van der Waals surface area contributed by atoms with E-state index < -0.39 is 4.67 Å². The molecule has 4 aliphatic rings. The molecule has 0 aliphatic carbocycles. The van der Waals surface area contributed by atoms with Gasteiger partial charge in [-0.1, -0.05) is 0 Å². The number of hydrogen-bond acceptors (Lipinski definition) is 8. The van der Waals surface area contributed by atoms with Crippen molar-refractivity contribution in [2.24, 2.45) is 0 Å². The van der Waals surface area contributed by atoms with Gasteiger partial charge in [0.1, 0.15) is 0 Å². The van der Waals surface area contributed by atoms with Gasteiger partial charge in [0, 0.05) is 21.0 Å². The molecule has 0 saturated carbocycles. The van der Waals surface area contributed by atoms with Crippen molar-refractivity contribution in [3.05, 3.63) is 0 Å². The summed E-state index contributed by atoms with van der Waals surface area (Å²) in [5.74, 6) is 0. The standard InChI is InChI=1S/C12H20O4S4Si/c1-9(2-13-1)17-21(18-10-3-14-4-10,19-11-5-15-6-11)20-12-7-16-8-12/h9-12H,1-8H2. The topological polar surface area (TPSA) is 36.9 Å².